The fourth-order valence-corrected chi connectivity index (χ4v) is 2.06. The van der Waals surface area contributed by atoms with E-state index in [2.05, 4.69) is 26.2 Å². The zero-order valence-electron chi connectivity index (χ0n) is 10.2. The Labute approximate surface area is 117 Å². The van der Waals surface area contributed by atoms with Crippen molar-refractivity contribution in [1.29, 1.82) is 0 Å². The molecule has 1 aromatic carbocycles. The molecule has 0 radical (unpaired) electrons. The number of nitrogens with two attached hydrogens (primary N) is 1. The molecule has 0 bridgehead atoms. The minimum atomic E-state index is -0.562. The van der Waals surface area contributed by atoms with E-state index < -0.39 is 5.82 Å². The zero-order valence-corrected chi connectivity index (χ0v) is 11.7. The van der Waals surface area contributed by atoms with Crippen LogP contribution in [0.3, 0.4) is 0 Å². The van der Waals surface area contributed by atoms with Crippen molar-refractivity contribution >= 4 is 27.5 Å². The van der Waals surface area contributed by atoms with Crippen LogP contribution in [0.25, 0.3) is 0 Å². The molecule has 0 saturated carbocycles. The first kappa shape index (κ1) is 13.5. The topological polar surface area (TPSA) is 72.9 Å². The molecular weight excluding hydrogens is 315 g/mol. The van der Waals surface area contributed by atoms with Crippen molar-refractivity contribution < 1.29 is 9.18 Å². The summed E-state index contributed by atoms with van der Waals surface area (Å²) in [6.45, 7) is 0.284. The largest absolute Gasteiger partial charge is 0.396 e. The zero-order chi connectivity index (χ0) is 14.0. The van der Waals surface area contributed by atoms with Crippen LogP contribution in [0.2, 0.25) is 0 Å². The summed E-state index contributed by atoms with van der Waals surface area (Å²) in [5, 5.41) is 2.70. The Balaban J connectivity index is 2.12. The summed E-state index contributed by atoms with van der Waals surface area (Å²) in [7, 11) is 1.83. The van der Waals surface area contributed by atoms with Gasteiger partial charge in [-0.25, -0.2) is 9.37 Å². The van der Waals surface area contributed by atoms with Gasteiger partial charge in [-0.05, 0) is 28.1 Å². The van der Waals surface area contributed by atoms with Crippen LogP contribution in [0, 0.1) is 5.82 Å². The van der Waals surface area contributed by atoms with Gasteiger partial charge in [-0.15, -0.1) is 0 Å². The van der Waals surface area contributed by atoms with E-state index in [-0.39, 0.29) is 23.7 Å². The van der Waals surface area contributed by atoms with Gasteiger partial charge in [0.2, 0.25) is 0 Å². The molecule has 0 aliphatic rings. The highest BCUT2D eigenvalue weighted by Crippen LogP contribution is 2.22. The highest BCUT2D eigenvalue weighted by Gasteiger charge is 2.13. The van der Waals surface area contributed by atoms with Crippen molar-refractivity contribution in [3.63, 3.8) is 0 Å². The summed E-state index contributed by atoms with van der Waals surface area (Å²) in [5.74, 6) is -0.186. The number of benzene rings is 1. The SMILES string of the molecule is Cn1ccnc1CNC(=O)c1cc(N)c(F)cc1Br. The average molecular weight is 327 g/mol. The number of hydrogen-bond acceptors (Lipinski definition) is 3. The van der Waals surface area contributed by atoms with E-state index in [1.165, 1.54) is 12.1 Å². The second-order valence-electron chi connectivity index (χ2n) is 3.99. The highest BCUT2D eigenvalue weighted by atomic mass is 79.9. The molecule has 0 saturated heterocycles. The van der Waals surface area contributed by atoms with Gasteiger partial charge in [0.25, 0.3) is 5.91 Å². The van der Waals surface area contributed by atoms with E-state index in [0.29, 0.717) is 4.47 Å². The van der Waals surface area contributed by atoms with Crippen LogP contribution in [0.4, 0.5) is 10.1 Å². The van der Waals surface area contributed by atoms with Gasteiger partial charge in [0.1, 0.15) is 11.6 Å². The van der Waals surface area contributed by atoms with Crippen molar-refractivity contribution in [2.45, 2.75) is 6.54 Å². The minimum absolute atomic E-state index is 0.0645. The van der Waals surface area contributed by atoms with Crippen molar-refractivity contribution in [3.8, 4) is 0 Å². The average Bonchev–Trinajstić information content (AvgIpc) is 2.76. The number of hydrogen-bond donors (Lipinski definition) is 2. The Kier molecular flexibility index (Phi) is 3.84. The van der Waals surface area contributed by atoms with Gasteiger partial charge < -0.3 is 15.6 Å². The summed E-state index contributed by atoms with van der Waals surface area (Å²) >= 11 is 3.14. The predicted molar refractivity (Wildman–Crippen MR) is 72.9 cm³/mol. The molecule has 0 aliphatic heterocycles. The van der Waals surface area contributed by atoms with Crippen LogP contribution < -0.4 is 11.1 Å². The number of carbonyl (C=O) groups is 1. The Bertz CT molecular complexity index is 626. The lowest BCUT2D eigenvalue weighted by molar-refractivity contribution is 0.0949. The minimum Gasteiger partial charge on any atom is -0.396 e. The number of anilines is 1. The highest BCUT2D eigenvalue weighted by molar-refractivity contribution is 9.10. The monoisotopic (exact) mass is 326 g/mol. The molecule has 3 N–H and O–H groups in total. The molecule has 5 nitrogen and oxygen atoms in total. The van der Waals surface area contributed by atoms with Crippen LogP contribution in [0.15, 0.2) is 29.0 Å². The summed E-state index contributed by atoms with van der Waals surface area (Å²) in [6, 6.07) is 2.47. The molecule has 0 unspecified atom stereocenters. The van der Waals surface area contributed by atoms with Crippen LogP contribution in [-0.4, -0.2) is 15.5 Å². The van der Waals surface area contributed by atoms with Gasteiger partial charge in [0.15, 0.2) is 0 Å². The van der Waals surface area contributed by atoms with Crippen LogP contribution in [0.1, 0.15) is 16.2 Å². The lowest BCUT2D eigenvalue weighted by Crippen LogP contribution is -2.25. The number of rotatable bonds is 3. The van der Waals surface area contributed by atoms with Crippen molar-refractivity contribution in [1.82, 2.24) is 14.9 Å². The van der Waals surface area contributed by atoms with E-state index in [4.69, 9.17) is 5.73 Å². The molecule has 7 heteroatoms. The molecule has 2 aromatic rings. The molecule has 0 atom stereocenters. The molecule has 1 heterocycles. The number of nitrogens with one attached hydrogen (secondary N) is 1. The molecular formula is C12H12BrFN4O. The summed E-state index contributed by atoms with van der Waals surface area (Å²) in [4.78, 5) is 16.1. The summed E-state index contributed by atoms with van der Waals surface area (Å²) < 4.78 is 15.3. The lowest BCUT2D eigenvalue weighted by Gasteiger charge is -2.08. The van der Waals surface area contributed by atoms with Crippen molar-refractivity contribution in [3.05, 3.63) is 46.2 Å². The molecule has 1 aromatic heterocycles. The first-order chi connectivity index (χ1) is 8.99. The van der Waals surface area contributed by atoms with Crippen LogP contribution in [-0.2, 0) is 13.6 Å². The normalized spacial score (nSPS) is 10.5. The van der Waals surface area contributed by atoms with E-state index >= 15 is 0 Å². The van der Waals surface area contributed by atoms with Gasteiger partial charge >= 0.3 is 0 Å². The Morgan fingerprint density at radius 3 is 2.95 bits per heavy atom. The fraction of sp³-hybridized carbons (Fsp3) is 0.167. The first-order valence-corrected chi connectivity index (χ1v) is 6.27. The summed E-state index contributed by atoms with van der Waals surface area (Å²) in [6.07, 6.45) is 3.43. The fourth-order valence-electron chi connectivity index (χ4n) is 1.56. The second-order valence-corrected chi connectivity index (χ2v) is 4.84. The third-order valence-electron chi connectivity index (χ3n) is 2.66. The number of carbonyl (C=O) groups excluding carboxylic acids is 1. The third-order valence-corrected chi connectivity index (χ3v) is 3.32. The summed E-state index contributed by atoms with van der Waals surface area (Å²) in [5.41, 5.74) is 5.67. The number of aromatic nitrogens is 2. The number of halogens is 2. The van der Waals surface area contributed by atoms with Gasteiger partial charge in [-0.1, -0.05) is 0 Å². The standard InChI is InChI=1S/C12H12BrFN4O/c1-18-3-2-16-11(18)6-17-12(19)7-4-10(15)9(14)5-8(7)13/h2-5H,6,15H2,1H3,(H,17,19). The number of aryl methyl sites for hydroxylation is 1. The Morgan fingerprint density at radius 1 is 1.58 bits per heavy atom. The molecule has 0 fully saturated rings. The maximum absolute atomic E-state index is 13.2. The van der Waals surface area contributed by atoms with Gasteiger partial charge in [0.05, 0.1) is 17.8 Å². The van der Waals surface area contributed by atoms with Crippen molar-refractivity contribution in [2.75, 3.05) is 5.73 Å². The Hall–Kier alpha value is -1.89. The van der Waals surface area contributed by atoms with E-state index in [9.17, 15) is 9.18 Å². The number of nitrogen functional groups attached to an aromatic ring is 1. The van der Waals surface area contributed by atoms with E-state index in [1.807, 2.05) is 7.05 Å². The number of amides is 1. The second kappa shape index (κ2) is 5.40. The number of nitrogens with zero attached hydrogens (tertiary/aromatic N) is 2. The lowest BCUT2D eigenvalue weighted by atomic mass is 10.2. The van der Waals surface area contributed by atoms with Crippen LogP contribution in [0.5, 0.6) is 0 Å². The quantitative estimate of drug-likeness (QED) is 0.845. The maximum Gasteiger partial charge on any atom is 0.252 e. The van der Waals surface area contributed by atoms with E-state index in [0.717, 1.165) is 5.82 Å². The van der Waals surface area contributed by atoms with Crippen LogP contribution >= 0.6 is 15.9 Å². The smallest absolute Gasteiger partial charge is 0.252 e. The van der Waals surface area contributed by atoms with Gasteiger partial charge in [0, 0.05) is 23.9 Å². The van der Waals surface area contributed by atoms with Crippen molar-refractivity contribution in [2.24, 2.45) is 7.05 Å². The number of imidazole rings is 1. The van der Waals surface area contributed by atoms with Gasteiger partial charge in [-0.3, -0.25) is 4.79 Å². The van der Waals surface area contributed by atoms with E-state index in [1.54, 1.807) is 17.0 Å². The predicted octanol–water partition coefficient (Wildman–Crippen LogP) is 1.83. The molecule has 1 amide bonds. The molecule has 0 spiro atoms. The van der Waals surface area contributed by atoms with Gasteiger partial charge in [-0.2, -0.15) is 0 Å². The third kappa shape index (κ3) is 2.93. The Morgan fingerprint density at radius 2 is 2.32 bits per heavy atom. The maximum atomic E-state index is 13.2. The first-order valence-electron chi connectivity index (χ1n) is 5.48. The molecule has 19 heavy (non-hydrogen) atoms. The molecule has 100 valence electrons. The molecule has 2 rings (SSSR count). The molecule has 0 aliphatic carbocycles.